The lowest BCUT2D eigenvalue weighted by atomic mass is 10.4. The summed E-state index contributed by atoms with van der Waals surface area (Å²) in [5, 5.41) is 11.3. The summed E-state index contributed by atoms with van der Waals surface area (Å²) in [6, 6.07) is 0. The molecule has 0 atom stereocenters. The number of hydrogen-bond donors (Lipinski definition) is 1. The minimum absolute atomic E-state index is 0.725. The van der Waals surface area contributed by atoms with Gasteiger partial charge in [0.2, 0.25) is 0 Å². The summed E-state index contributed by atoms with van der Waals surface area (Å²) in [6.45, 7) is 1.87. The van der Waals surface area contributed by atoms with E-state index in [4.69, 9.17) is 0 Å². The molecule has 0 aliphatic rings. The van der Waals surface area contributed by atoms with Gasteiger partial charge in [-0.25, -0.2) is 4.63 Å². The van der Waals surface area contributed by atoms with Gasteiger partial charge in [-0.3, -0.25) is 4.99 Å². The van der Waals surface area contributed by atoms with Crippen molar-refractivity contribution < 1.29 is 4.63 Å². The standard InChI is InChI=1S/C7H12N4OS/c1-5-6(11-12-10-5)4-13-7(8-2)9-3/h4H2,1-3H3,(H,8,9). The topological polar surface area (TPSA) is 63.3 Å². The largest absolute Gasteiger partial charge is 0.368 e. The molecule has 0 saturated heterocycles. The van der Waals surface area contributed by atoms with E-state index in [1.54, 1.807) is 18.8 Å². The second-order valence-electron chi connectivity index (χ2n) is 2.36. The third-order valence-corrected chi connectivity index (χ3v) is 2.59. The van der Waals surface area contributed by atoms with Crippen LogP contribution in [0.2, 0.25) is 0 Å². The van der Waals surface area contributed by atoms with Crippen LogP contribution in [-0.4, -0.2) is 29.6 Å². The first kappa shape index (κ1) is 10.0. The molecule has 1 N–H and O–H groups in total. The Morgan fingerprint density at radius 3 is 2.85 bits per heavy atom. The van der Waals surface area contributed by atoms with E-state index in [2.05, 4.69) is 25.3 Å². The smallest absolute Gasteiger partial charge is 0.156 e. The van der Waals surface area contributed by atoms with E-state index >= 15 is 0 Å². The molecule has 0 radical (unpaired) electrons. The molecule has 72 valence electrons. The highest BCUT2D eigenvalue weighted by molar-refractivity contribution is 8.13. The Labute approximate surface area is 81.0 Å². The average molecular weight is 200 g/mol. The normalized spacial score (nSPS) is 11.8. The van der Waals surface area contributed by atoms with Gasteiger partial charge >= 0.3 is 0 Å². The first-order valence-electron chi connectivity index (χ1n) is 3.83. The summed E-state index contributed by atoms with van der Waals surface area (Å²) in [5.74, 6) is 0.725. The zero-order chi connectivity index (χ0) is 9.68. The fourth-order valence-corrected chi connectivity index (χ4v) is 1.57. The molecular formula is C7H12N4OS. The van der Waals surface area contributed by atoms with Crippen LogP contribution in [0, 0.1) is 6.92 Å². The first-order chi connectivity index (χ1) is 6.27. The minimum Gasteiger partial charge on any atom is -0.368 e. The fraction of sp³-hybridized carbons (Fsp3) is 0.571. The Morgan fingerprint density at radius 1 is 1.62 bits per heavy atom. The van der Waals surface area contributed by atoms with Gasteiger partial charge in [-0.05, 0) is 6.92 Å². The van der Waals surface area contributed by atoms with Crippen molar-refractivity contribution in [1.82, 2.24) is 15.6 Å². The molecular weight excluding hydrogens is 188 g/mol. The molecule has 1 aromatic rings. The lowest BCUT2D eigenvalue weighted by Crippen LogP contribution is -2.14. The highest BCUT2D eigenvalue weighted by Crippen LogP contribution is 2.12. The summed E-state index contributed by atoms with van der Waals surface area (Å²) in [5.41, 5.74) is 1.69. The molecule has 0 amide bonds. The van der Waals surface area contributed by atoms with Crippen LogP contribution >= 0.6 is 11.8 Å². The number of nitrogens with one attached hydrogen (secondary N) is 1. The number of thioether (sulfide) groups is 1. The van der Waals surface area contributed by atoms with Crippen molar-refractivity contribution >= 4 is 16.9 Å². The molecule has 1 aromatic heterocycles. The number of amidine groups is 1. The number of aryl methyl sites for hydroxylation is 1. The van der Waals surface area contributed by atoms with Crippen LogP contribution in [0.5, 0.6) is 0 Å². The quantitative estimate of drug-likeness (QED) is 0.565. The van der Waals surface area contributed by atoms with E-state index in [9.17, 15) is 0 Å². The molecule has 0 aliphatic carbocycles. The monoisotopic (exact) mass is 200 g/mol. The zero-order valence-electron chi connectivity index (χ0n) is 7.87. The Morgan fingerprint density at radius 2 is 2.38 bits per heavy atom. The van der Waals surface area contributed by atoms with E-state index in [0.717, 1.165) is 22.3 Å². The second kappa shape index (κ2) is 4.86. The summed E-state index contributed by atoms with van der Waals surface area (Å²) < 4.78 is 4.57. The SMILES string of the molecule is CN=C(NC)SCc1nonc1C. The van der Waals surface area contributed by atoms with E-state index in [-0.39, 0.29) is 0 Å². The molecule has 0 aliphatic heterocycles. The van der Waals surface area contributed by atoms with E-state index in [1.807, 2.05) is 14.0 Å². The fourth-order valence-electron chi connectivity index (χ4n) is 0.766. The number of nitrogens with zero attached hydrogens (tertiary/aromatic N) is 3. The molecule has 6 heteroatoms. The molecule has 5 nitrogen and oxygen atoms in total. The van der Waals surface area contributed by atoms with Crippen molar-refractivity contribution in [3.05, 3.63) is 11.4 Å². The highest BCUT2D eigenvalue weighted by atomic mass is 32.2. The lowest BCUT2D eigenvalue weighted by molar-refractivity contribution is 0.302. The molecule has 1 rings (SSSR count). The second-order valence-corrected chi connectivity index (χ2v) is 3.33. The van der Waals surface area contributed by atoms with Gasteiger partial charge in [0, 0.05) is 19.8 Å². The zero-order valence-corrected chi connectivity index (χ0v) is 8.68. The number of rotatable bonds is 2. The molecule has 0 fully saturated rings. The Kier molecular flexibility index (Phi) is 3.75. The van der Waals surface area contributed by atoms with Crippen molar-refractivity contribution in [2.75, 3.05) is 14.1 Å². The maximum Gasteiger partial charge on any atom is 0.156 e. The summed E-state index contributed by atoms with van der Waals surface area (Å²) in [7, 11) is 3.58. The number of hydrogen-bond acceptors (Lipinski definition) is 5. The molecule has 0 unspecified atom stereocenters. The predicted molar refractivity (Wildman–Crippen MR) is 52.7 cm³/mol. The first-order valence-corrected chi connectivity index (χ1v) is 4.82. The third-order valence-electron chi connectivity index (χ3n) is 1.51. The predicted octanol–water partition coefficient (Wildman–Crippen LogP) is 0.816. The molecule has 0 spiro atoms. The van der Waals surface area contributed by atoms with Crippen LogP contribution in [0.1, 0.15) is 11.4 Å². The van der Waals surface area contributed by atoms with Gasteiger partial charge in [0.05, 0.1) is 0 Å². The van der Waals surface area contributed by atoms with Crippen molar-refractivity contribution in [3.8, 4) is 0 Å². The van der Waals surface area contributed by atoms with E-state index in [0.29, 0.717) is 0 Å². The molecule has 0 saturated carbocycles. The summed E-state index contributed by atoms with van der Waals surface area (Å²) in [6.07, 6.45) is 0. The van der Waals surface area contributed by atoms with Gasteiger partial charge in [-0.2, -0.15) is 0 Å². The van der Waals surface area contributed by atoms with Crippen LogP contribution in [0.25, 0.3) is 0 Å². The van der Waals surface area contributed by atoms with Crippen LogP contribution in [0.3, 0.4) is 0 Å². The Hall–Kier alpha value is -1.04. The Balaban J connectivity index is 2.48. The van der Waals surface area contributed by atoms with Gasteiger partial charge in [-0.15, -0.1) is 0 Å². The summed E-state index contributed by atoms with van der Waals surface area (Å²) in [4.78, 5) is 4.03. The van der Waals surface area contributed by atoms with Crippen molar-refractivity contribution in [2.45, 2.75) is 12.7 Å². The van der Waals surface area contributed by atoms with Crippen molar-refractivity contribution in [2.24, 2.45) is 4.99 Å². The van der Waals surface area contributed by atoms with Crippen LogP contribution in [-0.2, 0) is 5.75 Å². The maximum atomic E-state index is 4.57. The number of aromatic nitrogens is 2. The van der Waals surface area contributed by atoms with Gasteiger partial charge in [-0.1, -0.05) is 22.1 Å². The summed E-state index contributed by atoms with van der Waals surface area (Å²) >= 11 is 1.57. The van der Waals surface area contributed by atoms with Gasteiger partial charge in [0.25, 0.3) is 0 Å². The number of aliphatic imine (C=N–C) groups is 1. The molecule has 0 bridgehead atoms. The van der Waals surface area contributed by atoms with Crippen LogP contribution < -0.4 is 5.32 Å². The van der Waals surface area contributed by atoms with Gasteiger partial charge in [0.15, 0.2) is 5.17 Å². The third kappa shape index (κ3) is 2.73. The van der Waals surface area contributed by atoms with E-state index < -0.39 is 0 Å². The minimum atomic E-state index is 0.725. The van der Waals surface area contributed by atoms with Crippen LogP contribution in [0.15, 0.2) is 9.62 Å². The van der Waals surface area contributed by atoms with E-state index in [1.165, 1.54) is 0 Å². The van der Waals surface area contributed by atoms with Gasteiger partial charge in [0.1, 0.15) is 11.4 Å². The van der Waals surface area contributed by atoms with Crippen LogP contribution in [0.4, 0.5) is 0 Å². The van der Waals surface area contributed by atoms with Crippen molar-refractivity contribution in [3.63, 3.8) is 0 Å². The Bertz CT molecular complexity index is 296. The van der Waals surface area contributed by atoms with Gasteiger partial charge < -0.3 is 5.32 Å². The van der Waals surface area contributed by atoms with Crippen molar-refractivity contribution in [1.29, 1.82) is 0 Å². The molecule has 0 aromatic carbocycles. The lowest BCUT2D eigenvalue weighted by Gasteiger charge is -2.01. The molecule has 1 heterocycles. The highest BCUT2D eigenvalue weighted by Gasteiger charge is 2.06. The molecule has 13 heavy (non-hydrogen) atoms. The maximum absolute atomic E-state index is 4.57. The average Bonchev–Trinajstić information content (AvgIpc) is 2.54.